The first-order valence-electron chi connectivity index (χ1n) is 38.2. The van der Waals surface area contributed by atoms with E-state index in [4.69, 9.17) is 59.8 Å². The van der Waals surface area contributed by atoms with E-state index in [1.54, 1.807) is 33.4 Å². The van der Waals surface area contributed by atoms with Crippen LogP contribution in [-0.4, -0.2) is 68.9 Å². The maximum atomic E-state index is 16.5. The molecule has 0 saturated heterocycles. The highest BCUT2D eigenvalue weighted by atomic mass is 19.4. The number of hydrogen-bond acceptors (Lipinski definition) is 13. The summed E-state index contributed by atoms with van der Waals surface area (Å²) in [5.41, 5.74) is 3.03. The number of rotatable bonds is 15. The standard InChI is InChI=1S/C99H57F6N15/c100-98(101,102)77-42-25-43-78(99(103,104)105)85(77)71-56-83(119-79-52-67(94-111-86(59-26-9-1-10-27-59)107-87(112-94)60-28-11-2-12-29-60)44-48-72(79)73-49-45-68(53-80(73)119)95-113-88(61-30-13-3-14-31-61)108-89(114-95)62-32-15-4-16-33-62)76(58-106)84(57-71)120-81-54-69(96-115-90(63-34-17-5-18-35-63)109-91(116-96)64-36-19-6-20-37-64)46-50-74(81)75-51-47-70(55-82(75)120)97-117-92(65-38-21-7-22-39-65)110-93(118-97)66-40-23-8-24-41-66/h1-57H. The number of hydrogen-bond donors (Lipinski definition) is 0. The molecule has 0 aliphatic heterocycles. The lowest BCUT2D eigenvalue weighted by Crippen LogP contribution is -2.15. The molecule has 570 valence electrons. The smallest absolute Gasteiger partial charge is 0.308 e. The molecule has 0 aliphatic rings. The summed E-state index contributed by atoms with van der Waals surface area (Å²) in [7, 11) is 0. The predicted molar refractivity (Wildman–Crippen MR) is 454 cm³/mol. The zero-order chi connectivity index (χ0) is 81.2. The fourth-order valence-corrected chi connectivity index (χ4v) is 15.4. The SMILES string of the molecule is N#Cc1c(-n2c3cc(-c4nc(-c5ccccc5)nc(-c5ccccc5)n4)ccc3c3ccc(-c4nc(-c5ccccc5)nc(-c5ccccc5)n4)cc32)cc(-c2c(C(F)(F)F)cccc2C(F)(F)F)cc1-n1c2cc(-c3nc(-c4ccccc4)nc(-c4ccccc4)n3)ccc2c2ccc(-c3nc(-c4ccccc4)nc(-c4ccccc4)n3)cc21. The van der Waals surface area contributed by atoms with Gasteiger partial charge in [0, 0.05) is 93.9 Å². The highest BCUT2D eigenvalue weighted by Gasteiger charge is 2.42. The number of nitriles is 1. The van der Waals surface area contributed by atoms with Crippen LogP contribution >= 0.6 is 0 Å². The lowest BCUT2D eigenvalue weighted by molar-refractivity contribution is -0.142. The first-order valence-corrected chi connectivity index (χ1v) is 38.2. The lowest BCUT2D eigenvalue weighted by Gasteiger charge is -2.22. The number of fused-ring (bicyclic) bond motifs is 6. The first-order chi connectivity index (χ1) is 58.7. The molecule has 15 nitrogen and oxygen atoms in total. The normalized spacial score (nSPS) is 11.7. The van der Waals surface area contributed by atoms with Crippen molar-refractivity contribution in [3.63, 3.8) is 0 Å². The van der Waals surface area contributed by atoms with E-state index in [9.17, 15) is 5.26 Å². The highest BCUT2D eigenvalue weighted by Crippen LogP contribution is 2.49. The molecule has 0 atom stereocenters. The molecule has 6 heterocycles. The second-order valence-electron chi connectivity index (χ2n) is 28.5. The maximum Gasteiger partial charge on any atom is 0.417 e. The topological polar surface area (TPSA) is 188 Å². The Kier molecular flexibility index (Phi) is 18.1. The Morgan fingerprint density at radius 1 is 0.208 bits per heavy atom. The summed E-state index contributed by atoms with van der Waals surface area (Å²) in [5.74, 6) is 3.55. The van der Waals surface area contributed by atoms with Crippen LogP contribution in [-0.2, 0) is 12.4 Å². The number of halogens is 6. The van der Waals surface area contributed by atoms with Gasteiger partial charge in [-0.15, -0.1) is 0 Å². The van der Waals surface area contributed by atoms with Gasteiger partial charge in [0.1, 0.15) is 11.6 Å². The average molecular weight is 1570 g/mol. The molecule has 0 unspecified atom stereocenters. The molecule has 0 fully saturated rings. The van der Waals surface area contributed by atoms with Crippen molar-refractivity contribution in [3.8, 4) is 165 Å². The van der Waals surface area contributed by atoms with Crippen molar-refractivity contribution in [2.24, 2.45) is 0 Å². The highest BCUT2D eigenvalue weighted by molar-refractivity contribution is 6.13. The molecule has 120 heavy (non-hydrogen) atoms. The minimum atomic E-state index is -5.40. The molecular formula is C99H57F6N15. The van der Waals surface area contributed by atoms with Gasteiger partial charge in [-0.25, -0.2) is 59.8 Å². The van der Waals surface area contributed by atoms with Crippen LogP contribution in [0.5, 0.6) is 0 Å². The average Bonchev–Trinajstić information content (AvgIpc) is 1.60. The molecule has 0 saturated carbocycles. The molecule has 0 amide bonds. The van der Waals surface area contributed by atoms with Gasteiger partial charge in [-0.2, -0.15) is 31.6 Å². The van der Waals surface area contributed by atoms with Gasteiger partial charge in [0.25, 0.3) is 0 Å². The fraction of sp³-hybridized carbons (Fsp3) is 0.0202. The second-order valence-corrected chi connectivity index (χ2v) is 28.5. The maximum absolute atomic E-state index is 16.5. The molecule has 0 radical (unpaired) electrons. The van der Waals surface area contributed by atoms with Crippen LogP contribution in [0, 0.1) is 11.3 Å². The summed E-state index contributed by atoms with van der Waals surface area (Å²) in [6, 6.07) is 104. The quantitative estimate of drug-likeness (QED) is 0.0883. The molecule has 0 bridgehead atoms. The van der Waals surface area contributed by atoms with Crippen molar-refractivity contribution in [1.82, 2.24) is 68.9 Å². The summed E-state index contributed by atoms with van der Waals surface area (Å²) in [5, 5.41) is 15.0. The van der Waals surface area contributed by atoms with Crippen LogP contribution in [0.2, 0.25) is 0 Å². The van der Waals surface area contributed by atoms with E-state index in [0.717, 1.165) is 6.07 Å². The minimum Gasteiger partial charge on any atom is -0.308 e. The Morgan fingerprint density at radius 2 is 0.400 bits per heavy atom. The minimum absolute atomic E-state index is 0.141. The van der Waals surface area contributed by atoms with E-state index in [-0.39, 0.29) is 40.2 Å². The molecule has 0 aliphatic carbocycles. The summed E-state index contributed by atoms with van der Waals surface area (Å²) in [4.78, 5) is 61.0. The van der Waals surface area contributed by atoms with Crippen LogP contribution in [0.4, 0.5) is 26.3 Å². The Balaban J connectivity index is 0.928. The van der Waals surface area contributed by atoms with Gasteiger partial charge < -0.3 is 9.13 Å². The lowest BCUT2D eigenvalue weighted by atomic mass is 9.91. The van der Waals surface area contributed by atoms with Crippen molar-refractivity contribution in [2.45, 2.75) is 12.4 Å². The Labute approximate surface area is 680 Å². The summed E-state index contributed by atoms with van der Waals surface area (Å²) in [6.45, 7) is 0. The van der Waals surface area contributed by atoms with Crippen molar-refractivity contribution < 1.29 is 26.3 Å². The molecule has 0 N–H and O–H groups in total. The van der Waals surface area contributed by atoms with Crippen LogP contribution in [0.15, 0.2) is 346 Å². The van der Waals surface area contributed by atoms with Gasteiger partial charge in [-0.3, -0.25) is 0 Å². The first kappa shape index (κ1) is 72.7. The largest absolute Gasteiger partial charge is 0.417 e. The molecule has 6 aromatic heterocycles. The fourth-order valence-electron chi connectivity index (χ4n) is 15.4. The monoisotopic (exact) mass is 1570 g/mol. The molecule has 14 aromatic carbocycles. The number of benzene rings is 14. The van der Waals surface area contributed by atoms with Crippen LogP contribution in [0.25, 0.3) is 203 Å². The number of alkyl halides is 6. The zero-order valence-electron chi connectivity index (χ0n) is 62.9. The van der Waals surface area contributed by atoms with E-state index in [1.165, 1.54) is 12.1 Å². The van der Waals surface area contributed by atoms with Crippen LogP contribution in [0.3, 0.4) is 0 Å². The molecular weight excluding hydrogens is 1510 g/mol. The number of aromatic nitrogens is 14. The van der Waals surface area contributed by atoms with E-state index in [2.05, 4.69) is 6.07 Å². The van der Waals surface area contributed by atoms with Crippen molar-refractivity contribution in [3.05, 3.63) is 362 Å². The molecule has 20 rings (SSSR count). The molecule has 0 spiro atoms. The van der Waals surface area contributed by atoms with Crippen molar-refractivity contribution in [2.75, 3.05) is 0 Å². The molecule has 21 heteroatoms. The van der Waals surface area contributed by atoms with Gasteiger partial charge in [-0.05, 0) is 54.1 Å². The third kappa shape index (κ3) is 13.6. The zero-order valence-corrected chi connectivity index (χ0v) is 62.9. The molecule has 20 aromatic rings. The van der Waals surface area contributed by atoms with Crippen LogP contribution < -0.4 is 0 Å². The van der Waals surface area contributed by atoms with E-state index in [1.807, 2.05) is 291 Å². The van der Waals surface area contributed by atoms with Crippen molar-refractivity contribution >= 4 is 43.6 Å². The van der Waals surface area contributed by atoms with Gasteiger partial charge in [0.15, 0.2) is 69.9 Å². The Morgan fingerprint density at radius 3 is 0.583 bits per heavy atom. The Bertz CT molecular complexity index is 6390. The van der Waals surface area contributed by atoms with Crippen LogP contribution in [0.1, 0.15) is 16.7 Å². The summed E-state index contributed by atoms with van der Waals surface area (Å²) in [6.07, 6.45) is -10.8. The third-order valence-corrected chi connectivity index (χ3v) is 21.0. The number of nitrogens with zero attached hydrogens (tertiary/aromatic N) is 15. The van der Waals surface area contributed by atoms with Gasteiger partial charge in [-0.1, -0.05) is 297 Å². The predicted octanol–water partition coefficient (Wildman–Crippen LogP) is 24.2. The van der Waals surface area contributed by atoms with Gasteiger partial charge in [0.05, 0.1) is 44.6 Å². The van der Waals surface area contributed by atoms with E-state index in [0.29, 0.717) is 169 Å². The third-order valence-electron chi connectivity index (χ3n) is 21.0. The van der Waals surface area contributed by atoms with Crippen molar-refractivity contribution in [1.29, 1.82) is 5.26 Å². The second kappa shape index (κ2) is 29.9. The summed E-state index contributed by atoms with van der Waals surface area (Å²) < 4.78 is 102. The van der Waals surface area contributed by atoms with E-state index >= 15 is 26.3 Å². The Hall–Kier alpha value is -16.2. The van der Waals surface area contributed by atoms with E-state index < -0.39 is 34.6 Å². The van der Waals surface area contributed by atoms with Gasteiger partial charge in [0.2, 0.25) is 0 Å². The summed E-state index contributed by atoms with van der Waals surface area (Å²) >= 11 is 0. The van der Waals surface area contributed by atoms with Gasteiger partial charge >= 0.3 is 12.4 Å².